The molecule has 1 heterocycles. The van der Waals surface area contributed by atoms with Gasteiger partial charge in [-0.15, -0.1) is 11.3 Å². The van der Waals surface area contributed by atoms with Crippen LogP contribution in [-0.2, 0) is 0 Å². The van der Waals surface area contributed by atoms with E-state index in [0.29, 0.717) is 6.04 Å². The van der Waals surface area contributed by atoms with E-state index in [-0.39, 0.29) is 0 Å². The minimum Gasteiger partial charge on any atom is -0.312 e. The molecule has 0 radical (unpaired) electrons. The first-order chi connectivity index (χ1) is 7.19. The zero-order chi connectivity index (χ0) is 11.3. The maximum absolute atomic E-state index is 6.03. The third kappa shape index (κ3) is 4.06. The number of hydrogen-bond donors (Lipinski definition) is 1. The summed E-state index contributed by atoms with van der Waals surface area (Å²) >= 11 is 11.2. The zero-order valence-electron chi connectivity index (χ0n) is 9.15. The number of halogens is 2. The molecule has 0 aliphatic heterocycles. The quantitative estimate of drug-likeness (QED) is 0.729. The van der Waals surface area contributed by atoms with Gasteiger partial charge in [-0.3, -0.25) is 0 Å². The molecule has 1 nitrogen and oxygen atoms in total. The first-order valence-electron chi connectivity index (χ1n) is 5.31. The van der Waals surface area contributed by atoms with Crippen molar-refractivity contribution >= 4 is 38.9 Å². The normalized spacial score (nSPS) is 13.1. The second-order valence-electron chi connectivity index (χ2n) is 3.61. The van der Waals surface area contributed by atoms with E-state index < -0.39 is 0 Å². The monoisotopic (exact) mass is 309 g/mol. The molecule has 0 aliphatic rings. The lowest BCUT2D eigenvalue weighted by Crippen LogP contribution is -2.14. The first-order valence-corrected chi connectivity index (χ1v) is 7.29. The van der Waals surface area contributed by atoms with Crippen LogP contribution in [0.4, 0.5) is 0 Å². The summed E-state index contributed by atoms with van der Waals surface area (Å²) in [7, 11) is 2.01. The Kier molecular flexibility index (Phi) is 6.20. The molecule has 1 N–H and O–H groups in total. The Labute approximate surface area is 109 Å². The lowest BCUT2D eigenvalue weighted by molar-refractivity contribution is 0.518. The van der Waals surface area contributed by atoms with Crippen molar-refractivity contribution in [2.45, 2.75) is 38.6 Å². The predicted octanol–water partition coefficient (Wildman–Crippen LogP) is 5.00. The van der Waals surface area contributed by atoms with E-state index >= 15 is 0 Å². The summed E-state index contributed by atoms with van der Waals surface area (Å²) in [4.78, 5) is 1.32. The summed E-state index contributed by atoms with van der Waals surface area (Å²) in [6, 6.07) is 2.51. The van der Waals surface area contributed by atoms with Crippen LogP contribution >= 0.6 is 38.9 Å². The SMILES string of the molecule is CCCCCC(NC)c1cc(Cl)c(Br)s1. The Balaban J connectivity index is 2.57. The third-order valence-corrected chi connectivity index (χ3v) is 5.04. The van der Waals surface area contributed by atoms with Gasteiger partial charge in [0.1, 0.15) is 0 Å². The number of nitrogens with one attached hydrogen (secondary N) is 1. The molecule has 0 saturated heterocycles. The van der Waals surface area contributed by atoms with Gasteiger partial charge in [-0.1, -0.05) is 37.8 Å². The van der Waals surface area contributed by atoms with E-state index in [1.165, 1.54) is 30.6 Å². The topological polar surface area (TPSA) is 12.0 Å². The molecular weight excluding hydrogens is 294 g/mol. The van der Waals surface area contributed by atoms with Gasteiger partial charge in [0, 0.05) is 10.9 Å². The van der Waals surface area contributed by atoms with Crippen LogP contribution in [0.2, 0.25) is 5.02 Å². The molecule has 1 unspecified atom stereocenters. The van der Waals surface area contributed by atoms with E-state index in [1.807, 2.05) is 7.05 Å². The Morgan fingerprint density at radius 2 is 2.27 bits per heavy atom. The molecule has 4 heteroatoms. The molecule has 15 heavy (non-hydrogen) atoms. The lowest BCUT2D eigenvalue weighted by Gasteiger charge is -2.13. The zero-order valence-corrected chi connectivity index (χ0v) is 12.3. The first kappa shape index (κ1) is 13.5. The summed E-state index contributed by atoms with van der Waals surface area (Å²) in [5.74, 6) is 0. The van der Waals surface area contributed by atoms with Crippen LogP contribution in [0.25, 0.3) is 0 Å². The predicted molar refractivity (Wildman–Crippen MR) is 73.0 cm³/mol. The maximum Gasteiger partial charge on any atom is 0.0887 e. The molecule has 0 amide bonds. The second kappa shape index (κ2) is 6.89. The fourth-order valence-electron chi connectivity index (χ4n) is 1.56. The number of rotatable bonds is 6. The molecule has 0 aliphatic carbocycles. The lowest BCUT2D eigenvalue weighted by atomic mass is 10.1. The summed E-state index contributed by atoms with van der Waals surface area (Å²) in [5, 5.41) is 4.17. The average molecular weight is 311 g/mol. The van der Waals surface area contributed by atoms with Gasteiger partial charge in [-0.2, -0.15) is 0 Å². The largest absolute Gasteiger partial charge is 0.312 e. The van der Waals surface area contributed by atoms with Gasteiger partial charge in [0.25, 0.3) is 0 Å². The highest BCUT2D eigenvalue weighted by molar-refractivity contribution is 9.11. The van der Waals surface area contributed by atoms with Crippen LogP contribution in [0.1, 0.15) is 43.5 Å². The second-order valence-corrected chi connectivity index (χ2v) is 6.42. The van der Waals surface area contributed by atoms with Crippen LogP contribution in [0, 0.1) is 0 Å². The summed E-state index contributed by atoms with van der Waals surface area (Å²) in [5.41, 5.74) is 0. The van der Waals surface area contributed by atoms with Crippen molar-refractivity contribution in [1.29, 1.82) is 0 Å². The number of thiophene rings is 1. The Bertz CT molecular complexity index is 281. The van der Waals surface area contributed by atoms with Crippen molar-refractivity contribution in [2.75, 3.05) is 7.05 Å². The third-order valence-electron chi connectivity index (χ3n) is 2.45. The van der Waals surface area contributed by atoms with Crippen LogP contribution in [0.15, 0.2) is 9.85 Å². The van der Waals surface area contributed by atoms with E-state index in [4.69, 9.17) is 11.6 Å². The van der Waals surface area contributed by atoms with Gasteiger partial charge >= 0.3 is 0 Å². The smallest absolute Gasteiger partial charge is 0.0887 e. The minimum absolute atomic E-state index is 0.449. The molecular formula is C11H17BrClNS. The van der Waals surface area contributed by atoms with Crippen LogP contribution in [0.3, 0.4) is 0 Å². The molecule has 0 saturated carbocycles. The average Bonchev–Trinajstić information content (AvgIpc) is 2.54. The van der Waals surface area contributed by atoms with Crippen LogP contribution < -0.4 is 5.32 Å². The minimum atomic E-state index is 0.449. The van der Waals surface area contributed by atoms with Crippen LogP contribution in [0.5, 0.6) is 0 Å². The Morgan fingerprint density at radius 1 is 1.53 bits per heavy atom. The molecule has 1 atom stereocenters. The van der Waals surface area contributed by atoms with Crippen molar-refractivity contribution in [1.82, 2.24) is 5.32 Å². The molecule has 0 bridgehead atoms. The van der Waals surface area contributed by atoms with Gasteiger partial charge in [-0.25, -0.2) is 0 Å². The summed E-state index contributed by atoms with van der Waals surface area (Å²) in [6.45, 7) is 2.23. The van der Waals surface area contributed by atoms with Gasteiger partial charge < -0.3 is 5.32 Å². The molecule has 86 valence electrons. The van der Waals surface area contributed by atoms with Gasteiger partial charge in [-0.05, 0) is 35.5 Å². The Morgan fingerprint density at radius 3 is 2.73 bits per heavy atom. The molecule has 1 aromatic rings. The van der Waals surface area contributed by atoms with Crippen molar-refractivity contribution in [3.05, 3.63) is 19.8 Å². The highest BCUT2D eigenvalue weighted by Gasteiger charge is 2.13. The van der Waals surface area contributed by atoms with E-state index in [2.05, 4.69) is 34.2 Å². The van der Waals surface area contributed by atoms with Crippen molar-refractivity contribution in [3.63, 3.8) is 0 Å². The molecule has 0 aromatic carbocycles. The fourth-order valence-corrected chi connectivity index (χ4v) is 3.45. The highest BCUT2D eigenvalue weighted by Crippen LogP contribution is 2.36. The van der Waals surface area contributed by atoms with Crippen molar-refractivity contribution < 1.29 is 0 Å². The standard InChI is InChI=1S/C11H17BrClNS/c1-3-4-5-6-9(14-2)10-7-8(13)11(12)15-10/h7,9,14H,3-6H2,1-2H3. The van der Waals surface area contributed by atoms with Gasteiger partial charge in [0.15, 0.2) is 0 Å². The van der Waals surface area contributed by atoms with Crippen molar-refractivity contribution in [3.8, 4) is 0 Å². The number of hydrogen-bond acceptors (Lipinski definition) is 2. The van der Waals surface area contributed by atoms with Gasteiger partial charge in [0.2, 0.25) is 0 Å². The molecule has 1 aromatic heterocycles. The molecule has 0 spiro atoms. The molecule has 1 rings (SSSR count). The van der Waals surface area contributed by atoms with Gasteiger partial charge in [0.05, 0.1) is 8.81 Å². The Hall–Kier alpha value is 0.430. The van der Waals surface area contributed by atoms with Crippen LogP contribution in [-0.4, -0.2) is 7.05 Å². The van der Waals surface area contributed by atoms with E-state index in [0.717, 1.165) is 8.81 Å². The highest BCUT2D eigenvalue weighted by atomic mass is 79.9. The fraction of sp³-hybridized carbons (Fsp3) is 0.636. The van der Waals surface area contributed by atoms with E-state index in [9.17, 15) is 0 Å². The summed E-state index contributed by atoms with van der Waals surface area (Å²) < 4.78 is 1.04. The maximum atomic E-state index is 6.03. The number of unbranched alkanes of at least 4 members (excludes halogenated alkanes) is 2. The molecule has 0 fully saturated rings. The van der Waals surface area contributed by atoms with Crippen molar-refractivity contribution in [2.24, 2.45) is 0 Å². The summed E-state index contributed by atoms with van der Waals surface area (Å²) in [6.07, 6.45) is 5.03. The van der Waals surface area contributed by atoms with E-state index in [1.54, 1.807) is 11.3 Å².